The molecule has 0 amide bonds. The Balaban J connectivity index is 3.47. The van der Waals surface area contributed by atoms with Gasteiger partial charge in [-0.2, -0.15) is 0 Å². The first kappa shape index (κ1) is 17.0. The second-order valence-corrected chi connectivity index (χ2v) is 4.70. The number of methoxy groups -OCH3 is 1. The van der Waals surface area contributed by atoms with E-state index in [9.17, 15) is 23.4 Å². The van der Waals surface area contributed by atoms with Crippen molar-refractivity contribution < 1.29 is 32.9 Å². The van der Waals surface area contributed by atoms with Gasteiger partial charge in [-0.25, -0.2) is 0 Å². The molecule has 0 aliphatic carbocycles. The Bertz CT molecular complexity index is 559. The van der Waals surface area contributed by atoms with Crippen LogP contribution in [-0.4, -0.2) is 23.7 Å². The molecule has 7 heteroatoms. The lowest BCUT2D eigenvalue weighted by atomic mass is 10.0. The summed E-state index contributed by atoms with van der Waals surface area (Å²) in [5.41, 5.74) is 1.34. The van der Waals surface area contributed by atoms with E-state index < -0.39 is 29.4 Å². The summed E-state index contributed by atoms with van der Waals surface area (Å²) in [7, 11) is 1.08. The first-order chi connectivity index (χ1) is 9.58. The van der Waals surface area contributed by atoms with Crippen LogP contribution in [0.2, 0.25) is 0 Å². The number of alkyl halides is 3. The summed E-state index contributed by atoms with van der Waals surface area (Å²) in [4.78, 5) is 0. The fourth-order valence-corrected chi connectivity index (χ4v) is 1.80. The summed E-state index contributed by atoms with van der Waals surface area (Å²) in [6.45, 7) is 5.07. The Morgan fingerprint density at radius 3 is 2.14 bits per heavy atom. The Morgan fingerprint density at radius 1 is 1.14 bits per heavy atom. The third-order valence-electron chi connectivity index (χ3n) is 2.87. The molecule has 21 heavy (non-hydrogen) atoms. The van der Waals surface area contributed by atoms with Crippen molar-refractivity contribution in [3.8, 4) is 23.0 Å². The average Bonchev–Trinajstić information content (AvgIpc) is 2.34. The topological polar surface area (TPSA) is 58.9 Å². The zero-order chi connectivity index (χ0) is 16.4. The quantitative estimate of drug-likeness (QED) is 0.656. The van der Waals surface area contributed by atoms with Crippen molar-refractivity contribution in [1.82, 2.24) is 0 Å². The summed E-state index contributed by atoms with van der Waals surface area (Å²) >= 11 is 0. The lowest BCUT2D eigenvalue weighted by Gasteiger charge is -2.19. The van der Waals surface area contributed by atoms with E-state index in [1.54, 1.807) is 6.08 Å². The van der Waals surface area contributed by atoms with Crippen LogP contribution in [-0.2, 0) is 6.42 Å². The van der Waals surface area contributed by atoms with E-state index in [4.69, 9.17) is 4.74 Å². The minimum absolute atomic E-state index is 0.102. The van der Waals surface area contributed by atoms with Crippen molar-refractivity contribution >= 4 is 0 Å². The minimum Gasteiger partial charge on any atom is -0.504 e. The molecule has 0 aliphatic rings. The average molecular weight is 306 g/mol. The molecule has 0 radical (unpaired) electrons. The van der Waals surface area contributed by atoms with Gasteiger partial charge >= 0.3 is 6.36 Å². The standard InChI is InChI=1S/C14H17F3O4/c1-7(2)5-6-9-8(3)10(18)13(21-14(15,16)17)12(20-4)11(9)19/h5,18-19H,6H2,1-4H3. The number of phenolic OH excluding ortho intramolecular Hbond substituents is 2. The molecule has 0 saturated heterocycles. The van der Waals surface area contributed by atoms with Crippen LogP contribution in [0.4, 0.5) is 13.2 Å². The molecule has 4 nitrogen and oxygen atoms in total. The van der Waals surface area contributed by atoms with Crippen molar-refractivity contribution in [1.29, 1.82) is 0 Å². The van der Waals surface area contributed by atoms with Gasteiger partial charge in [0.25, 0.3) is 0 Å². The van der Waals surface area contributed by atoms with E-state index in [0.29, 0.717) is 0 Å². The molecule has 0 unspecified atom stereocenters. The van der Waals surface area contributed by atoms with Crippen molar-refractivity contribution in [2.24, 2.45) is 0 Å². The molecule has 118 valence electrons. The lowest BCUT2D eigenvalue weighted by molar-refractivity contribution is -0.275. The van der Waals surface area contributed by atoms with Crippen molar-refractivity contribution in [3.05, 3.63) is 22.8 Å². The largest absolute Gasteiger partial charge is 0.573 e. The Labute approximate surface area is 120 Å². The first-order valence-electron chi connectivity index (χ1n) is 6.09. The van der Waals surface area contributed by atoms with Crippen LogP contribution in [0, 0.1) is 6.92 Å². The van der Waals surface area contributed by atoms with E-state index in [0.717, 1.165) is 12.7 Å². The second kappa shape index (κ2) is 6.15. The van der Waals surface area contributed by atoms with Gasteiger partial charge in [0.2, 0.25) is 11.5 Å². The van der Waals surface area contributed by atoms with Crippen LogP contribution in [0.15, 0.2) is 11.6 Å². The van der Waals surface area contributed by atoms with Gasteiger partial charge in [0.1, 0.15) is 0 Å². The number of allylic oxidation sites excluding steroid dienone is 2. The van der Waals surface area contributed by atoms with Crippen LogP contribution in [0.1, 0.15) is 25.0 Å². The Morgan fingerprint density at radius 2 is 1.71 bits per heavy atom. The predicted octanol–water partition coefficient (Wildman–Crippen LogP) is 3.82. The molecule has 0 aliphatic heterocycles. The van der Waals surface area contributed by atoms with Crippen molar-refractivity contribution in [2.75, 3.05) is 7.11 Å². The van der Waals surface area contributed by atoms with E-state index in [1.807, 2.05) is 13.8 Å². The van der Waals surface area contributed by atoms with Crippen LogP contribution in [0.25, 0.3) is 0 Å². The van der Waals surface area contributed by atoms with Crippen molar-refractivity contribution in [2.45, 2.75) is 33.6 Å². The highest BCUT2D eigenvalue weighted by molar-refractivity contribution is 5.66. The highest BCUT2D eigenvalue weighted by Gasteiger charge is 2.36. The molecule has 0 aromatic heterocycles. The van der Waals surface area contributed by atoms with Gasteiger partial charge in [0, 0.05) is 11.1 Å². The zero-order valence-corrected chi connectivity index (χ0v) is 12.1. The predicted molar refractivity (Wildman–Crippen MR) is 70.9 cm³/mol. The number of rotatable bonds is 4. The van der Waals surface area contributed by atoms with Gasteiger partial charge in [0.15, 0.2) is 11.5 Å². The first-order valence-corrected chi connectivity index (χ1v) is 6.09. The lowest BCUT2D eigenvalue weighted by Crippen LogP contribution is -2.18. The summed E-state index contributed by atoms with van der Waals surface area (Å²) in [6, 6.07) is 0. The summed E-state index contributed by atoms with van der Waals surface area (Å²) in [6.07, 6.45) is -2.99. The second-order valence-electron chi connectivity index (χ2n) is 4.70. The fourth-order valence-electron chi connectivity index (χ4n) is 1.80. The highest BCUT2D eigenvalue weighted by Crippen LogP contribution is 2.50. The smallest absolute Gasteiger partial charge is 0.504 e. The highest BCUT2D eigenvalue weighted by atomic mass is 19.4. The number of halogens is 3. The van der Waals surface area contributed by atoms with Gasteiger partial charge in [-0.15, -0.1) is 13.2 Å². The molecule has 0 fully saturated rings. The third kappa shape index (κ3) is 3.96. The molecule has 2 N–H and O–H groups in total. The maximum atomic E-state index is 12.4. The van der Waals surface area contributed by atoms with Crippen LogP contribution < -0.4 is 9.47 Å². The van der Waals surface area contributed by atoms with Gasteiger partial charge in [-0.05, 0) is 27.2 Å². The zero-order valence-electron chi connectivity index (χ0n) is 12.1. The van der Waals surface area contributed by atoms with Gasteiger partial charge in [-0.3, -0.25) is 0 Å². The van der Waals surface area contributed by atoms with Crippen LogP contribution >= 0.6 is 0 Å². The molecule has 0 saturated carbocycles. The van der Waals surface area contributed by atoms with E-state index in [2.05, 4.69) is 4.74 Å². The number of benzene rings is 1. The SMILES string of the molecule is COc1c(O)c(CC=C(C)C)c(C)c(O)c1OC(F)(F)F. The molecule has 1 aromatic rings. The number of aromatic hydroxyl groups is 2. The number of phenols is 2. The fraction of sp³-hybridized carbons (Fsp3) is 0.429. The molecule has 0 bridgehead atoms. The van der Waals surface area contributed by atoms with E-state index in [1.165, 1.54) is 6.92 Å². The molecule has 1 aromatic carbocycles. The molecular weight excluding hydrogens is 289 g/mol. The number of hydrogen-bond donors (Lipinski definition) is 2. The van der Waals surface area contributed by atoms with Crippen LogP contribution in [0.3, 0.4) is 0 Å². The third-order valence-corrected chi connectivity index (χ3v) is 2.87. The Kier molecular flexibility index (Phi) is 4.98. The number of hydrogen-bond acceptors (Lipinski definition) is 4. The van der Waals surface area contributed by atoms with E-state index in [-0.39, 0.29) is 17.5 Å². The van der Waals surface area contributed by atoms with Gasteiger partial charge in [-0.1, -0.05) is 11.6 Å². The molecule has 0 spiro atoms. The van der Waals surface area contributed by atoms with E-state index >= 15 is 0 Å². The molecule has 1 rings (SSSR count). The van der Waals surface area contributed by atoms with Crippen LogP contribution in [0.5, 0.6) is 23.0 Å². The minimum atomic E-state index is -5.01. The van der Waals surface area contributed by atoms with Gasteiger partial charge < -0.3 is 19.7 Å². The maximum absolute atomic E-state index is 12.4. The monoisotopic (exact) mass is 306 g/mol. The molecular formula is C14H17F3O4. The summed E-state index contributed by atoms with van der Waals surface area (Å²) in [5.74, 6) is -2.68. The normalized spacial score (nSPS) is 11.2. The molecule has 0 heterocycles. The summed E-state index contributed by atoms with van der Waals surface area (Å²) < 4.78 is 45.6. The Hall–Kier alpha value is -2.05. The van der Waals surface area contributed by atoms with Crippen molar-refractivity contribution in [3.63, 3.8) is 0 Å². The van der Waals surface area contributed by atoms with Gasteiger partial charge in [0.05, 0.1) is 7.11 Å². The molecule has 0 atom stereocenters. The summed E-state index contributed by atoms with van der Waals surface area (Å²) in [5, 5.41) is 20.0. The maximum Gasteiger partial charge on any atom is 0.573 e. The number of ether oxygens (including phenoxy) is 2.